The molecule has 0 unspecified atom stereocenters. The monoisotopic (exact) mass is 590 g/mol. The average Bonchev–Trinajstić information content (AvgIpc) is 3.23. The number of anilines is 2. The molecule has 0 aliphatic carbocycles. The predicted octanol–water partition coefficient (Wildman–Crippen LogP) is 3.22. The Labute approximate surface area is 233 Å². The highest BCUT2D eigenvalue weighted by Crippen LogP contribution is 2.46. The molecule has 2 fully saturated rings. The number of aromatic nitrogens is 1. The molecule has 2 saturated heterocycles. The number of ether oxygens (including phenoxy) is 2. The molecule has 216 valence electrons. The third kappa shape index (κ3) is 4.54. The maximum absolute atomic E-state index is 14.3. The zero-order valence-corrected chi connectivity index (χ0v) is 22.7. The minimum absolute atomic E-state index is 0.0678. The van der Waals surface area contributed by atoms with Gasteiger partial charge >= 0.3 is 6.18 Å². The summed E-state index contributed by atoms with van der Waals surface area (Å²) in [4.78, 5) is 34.3. The van der Waals surface area contributed by atoms with Crippen molar-refractivity contribution in [3.63, 3.8) is 0 Å². The van der Waals surface area contributed by atoms with Gasteiger partial charge in [-0.2, -0.15) is 17.5 Å². The summed E-state index contributed by atoms with van der Waals surface area (Å²) in [6.45, 7) is 3.32. The largest absolute Gasteiger partial charge is 0.418 e. The number of halogens is 3. The molecule has 3 aromatic rings. The maximum atomic E-state index is 14.3. The molecule has 4 heterocycles. The standard InChI is InChI=1S/C27H25F3N4O6S/c1-16-22-23(18-15-17(5-6-20(18)31-16)41(37,38)33-9-13-40-14-10-33)26(36)34(25(22)35)24-19(27(28,29)30)3-2-4-21(24)32-7-11-39-12-8-32/h2-6,15H,7-14H2,1H3. The lowest BCUT2D eigenvalue weighted by Gasteiger charge is -2.33. The Bertz CT molecular complexity index is 1680. The summed E-state index contributed by atoms with van der Waals surface area (Å²) in [5.74, 6) is -1.93. The first kappa shape index (κ1) is 27.6. The molecule has 41 heavy (non-hydrogen) atoms. The van der Waals surface area contributed by atoms with Gasteiger partial charge in [-0.05, 0) is 37.3 Å². The Morgan fingerprint density at radius 3 is 2.17 bits per heavy atom. The Balaban J connectivity index is 1.53. The number of hydrogen-bond acceptors (Lipinski definition) is 8. The molecule has 1 aromatic heterocycles. The van der Waals surface area contributed by atoms with Crippen LogP contribution in [0.2, 0.25) is 0 Å². The van der Waals surface area contributed by atoms with Crippen molar-refractivity contribution < 1.29 is 40.7 Å². The number of benzene rings is 2. The number of imide groups is 1. The van der Waals surface area contributed by atoms with Crippen LogP contribution >= 0.6 is 0 Å². The van der Waals surface area contributed by atoms with Gasteiger partial charge in [-0.3, -0.25) is 14.6 Å². The van der Waals surface area contributed by atoms with Gasteiger partial charge in [0.1, 0.15) is 0 Å². The van der Waals surface area contributed by atoms with Gasteiger partial charge in [0.25, 0.3) is 11.8 Å². The van der Waals surface area contributed by atoms with Crippen LogP contribution in [0.25, 0.3) is 10.9 Å². The van der Waals surface area contributed by atoms with E-state index < -0.39 is 39.3 Å². The molecule has 0 spiro atoms. The van der Waals surface area contributed by atoms with E-state index in [1.807, 2.05) is 0 Å². The molecule has 14 heteroatoms. The number of fused-ring (bicyclic) bond motifs is 3. The van der Waals surface area contributed by atoms with Crippen LogP contribution in [0.3, 0.4) is 0 Å². The third-order valence-electron chi connectivity index (χ3n) is 7.47. The molecule has 0 saturated carbocycles. The minimum Gasteiger partial charge on any atom is -0.379 e. The summed E-state index contributed by atoms with van der Waals surface area (Å²) in [5.41, 5.74) is -1.59. The first-order valence-electron chi connectivity index (χ1n) is 12.9. The van der Waals surface area contributed by atoms with Crippen LogP contribution in [0.4, 0.5) is 24.5 Å². The molecule has 10 nitrogen and oxygen atoms in total. The first-order valence-corrected chi connectivity index (χ1v) is 14.4. The predicted molar refractivity (Wildman–Crippen MR) is 142 cm³/mol. The number of morpholine rings is 2. The van der Waals surface area contributed by atoms with Crippen molar-refractivity contribution in [1.29, 1.82) is 0 Å². The summed E-state index contributed by atoms with van der Waals surface area (Å²) in [6.07, 6.45) is -4.87. The summed E-state index contributed by atoms with van der Waals surface area (Å²) in [7, 11) is -3.98. The number of amides is 2. The van der Waals surface area contributed by atoms with Crippen LogP contribution in [-0.4, -0.2) is 82.1 Å². The number of rotatable bonds is 4. The van der Waals surface area contributed by atoms with Crippen molar-refractivity contribution in [3.8, 4) is 0 Å². The van der Waals surface area contributed by atoms with Gasteiger partial charge in [0, 0.05) is 31.6 Å². The average molecular weight is 591 g/mol. The molecule has 2 amide bonds. The maximum Gasteiger partial charge on any atom is 0.418 e. The molecule has 0 radical (unpaired) electrons. The van der Waals surface area contributed by atoms with Crippen LogP contribution < -0.4 is 9.80 Å². The summed E-state index contributed by atoms with van der Waals surface area (Å²) in [6, 6.07) is 7.56. The Kier molecular flexibility index (Phi) is 6.76. The number of para-hydroxylation sites is 1. The molecule has 0 N–H and O–H groups in total. The fraction of sp³-hybridized carbons (Fsp3) is 0.370. The van der Waals surface area contributed by atoms with Crippen molar-refractivity contribution in [2.24, 2.45) is 0 Å². The fourth-order valence-electron chi connectivity index (χ4n) is 5.52. The van der Waals surface area contributed by atoms with Crippen LogP contribution in [0.15, 0.2) is 41.3 Å². The number of pyridine rings is 1. The molecule has 2 aromatic carbocycles. The third-order valence-corrected chi connectivity index (χ3v) is 9.37. The van der Waals surface area contributed by atoms with Gasteiger partial charge in [0.2, 0.25) is 10.0 Å². The van der Waals surface area contributed by atoms with Crippen molar-refractivity contribution >= 4 is 44.1 Å². The molecule has 3 aliphatic heterocycles. The fourth-order valence-corrected chi connectivity index (χ4v) is 6.95. The normalized spacial score (nSPS) is 18.8. The van der Waals surface area contributed by atoms with E-state index in [2.05, 4.69) is 4.98 Å². The van der Waals surface area contributed by atoms with Gasteiger partial charge in [-0.15, -0.1) is 0 Å². The highest BCUT2D eigenvalue weighted by atomic mass is 32.2. The number of nitrogens with zero attached hydrogens (tertiary/aromatic N) is 4. The van der Waals surface area contributed by atoms with Crippen LogP contribution in [0.5, 0.6) is 0 Å². The van der Waals surface area contributed by atoms with Gasteiger partial charge in [-0.1, -0.05) is 6.07 Å². The van der Waals surface area contributed by atoms with E-state index in [1.165, 1.54) is 41.6 Å². The second kappa shape index (κ2) is 10.0. The molecule has 0 bridgehead atoms. The van der Waals surface area contributed by atoms with E-state index in [0.717, 1.165) is 6.07 Å². The molecular formula is C27H25F3N4O6S. The second-order valence-corrected chi connectivity index (χ2v) is 11.8. The van der Waals surface area contributed by atoms with E-state index >= 15 is 0 Å². The highest BCUT2D eigenvalue weighted by Gasteiger charge is 2.46. The lowest BCUT2D eigenvalue weighted by atomic mass is 10.0. The number of carbonyl (C=O) groups is 2. The Morgan fingerprint density at radius 2 is 1.51 bits per heavy atom. The van der Waals surface area contributed by atoms with Crippen molar-refractivity contribution in [2.75, 3.05) is 62.4 Å². The molecule has 3 aliphatic rings. The zero-order chi connectivity index (χ0) is 29.1. The lowest BCUT2D eigenvalue weighted by molar-refractivity contribution is -0.137. The van der Waals surface area contributed by atoms with Crippen LogP contribution in [0.1, 0.15) is 32.0 Å². The molecule has 0 atom stereocenters. The quantitative estimate of drug-likeness (QED) is 0.427. The summed E-state index contributed by atoms with van der Waals surface area (Å²) < 4.78 is 81.6. The zero-order valence-electron chi connectivity index (χ0n) is 21.9. The van der Waals surface area contributed by atoms with E-state index in [1.54, 1.807) is 4.90 Å². The minimum atomic E-state index is -4.87. The SMILES string of the molecule is Cc1nc2ccc(S(=O)(=O)N3CCOCC3)cc2c2c1C(=O)N(c1c(N3CCOCC3)cccc1C(F)(F)F)C2=O. The topological polar surface area (TPSA) is 109 Å². The number of sulfonamides is 1. The van der Waals surface area contributed by atoms with Crippen molar-refractivity contribution in [2.45, 2.75) is 18.0 Å². The second-order valence-electron chi connectivity index (χ2n) is 9.86. The van der Waals surface area contributed by atoms with Gasteiger partial charge < -0.3 is 14.4 Å². The van der Waals surface area contributed by atoms with Gasteiger partial charge in [-0.25, -0.2) is 13.3 Å². The van der Waals surface area contributed by atoms with E-state index in [9.17, 15) is 31.2 Å². The van der Waals surface area contributed by atoms with E-state index in [-0.39, 0.29) is 90.9 Å². The van der Waals surface area contributed by atoms with Crippen molar-refractivity contribution in [3.05, 3.63) is 58.8 Å². The van der Waals surface area contributed by atoms with E-state index in [4.69, 9.17) is 9.47 Å². The number of alkyl halides is 3. The van der Waals surface area contributed by atoms with E-state index in [0.29, 0.717) is 4.90 Å². The van der Waals surface area contributed by atoms with Crippen LogP contribution in [-0.2, 0) is 25.7 Å². The first-order chi connectivity index (χ1) is 19.5. The van der Waals surface area contributed by atoms with Crippen molar-refractivity contribution in [1.82, 2.24) is 9.29 Å². The Morgan fingerprint density at radius 1 is 0.878 bits per heavy atom. The number of aryl methyl sites for hydroxylation is 1. The number of hydrogen-bond donors (Lipinski definition) is 0. The Hall–Kier alpha value is -3.59. The molecular weight excluding hydrogens is 565 g/mol. The smallest absolute Gasteiger partial charge is 0.379 e. The lowest BCUT2D eigenvalue weighted by Crippen LogP contribution is -2.40. The van der Waals surface area contributed by atoms with Gasteiger partial charge in [0.15, 0.2) is 0 Å². The number of carbonyl (C=O) groups excluding carboxylic acids is 2. The summed E-state index contributed by atoms with van der Waals surface area (Å²) >= 11 is 0. The van der Waals surface area contributed by atoms with Gasteiger partial charge in [0.05, 0.1) is 70.6 Å². The highest BCUT2D eigenvalue weighted by molar-refractivity contribution is 7.89. The van der Waals surface area contributed by atoms with Crippen LogP contribution in [0, 0.1) is 6.92 Å². The molecule has 6 rings (SSSR count). The summed E-state index contributed by atoms with van der Waals surface area (Å²) in [5, 5.41) is 0.0678.